The van der Waals surface area contributed by atoms with E-state index in [9.17, 15) is 0 Å². The molecule has 0 unspecified atom stereocenters. The zero-order chi connectivity index (χ0) is 15.5. The van der Waals surface area contributed by atoms with Crippen LogP contribution in [0.25, 0.3) is 0 Å². The molecule has 2 aliphatic heterocycles. The Bertz CT molecular complexity index is 656. The first kappa shape index (κ1) is 14.6. The molecule has 1 aromatic carbocycles. The topological polar surface area (TPSA) is 41.1 Å². The first-order valence-electron chi connectivity index (χ1n) is 8.75. The number of rotatable bonds is 2. The lowest BCUT2D eigenvalue weighted by atomic mass is 9.92. The Balaban J connectivity index is 1.53. The van der Waals surface area contributed by atoms with Crippen LogP contribution in [0.5, 0.6) is 0 Å². The molecular weight excluding hydrogens is 284 g/mol. The summed E-state index contributed by atoms with van der Waals surface area (Å²) in [6.07, 6.45) is 6.50. The molecule has 0 amide bonds. The van der Waals surface area contributed by atoms with Gasteiger partial charge in [0.2, 0.25) is 0 Å². The molecule has 1 fully saturated rings. The highest BCUT2D eigenvalue weighted by Gasteiger charge is 2.23. The van der Waals surface area contributed by atoms with Gasteiger partial charge in [-0.15, -0.1) is 0 Å². The van der Waals surface area contributed by atoms with Crippen molar-refractivity contribution in [1.29, 1.82) is 0 Å². The van der Waals surface area contributed by atoms with Gasteiger partial charge in [0.1, 0.15) is 12.1 Å². The molecule has 120 valence electrons. The summed E-state index contributed by atoms with van der Waals surface area (Å²) in [5, 5.41) is 3.40. The van der Waals surface area contributed by atoms with Crippen LogP contribution < -0.4 is 10.2 Å². The second-order valence-corrected chi connectivity index (χ2v) is 6.57. The Morgan fingerprint density at radius 3 is 2.87 bits per heavy atom. The standard InChI is InChI=1S/C19H24N4/c1-2-5-15(6-3-1)16-7-4-11-23(12-9-16)19-17-8-10-20-13-18(17)21-14-22-19/h1-3,5-6,14,16,20H,4,7-13H2/t16-/m0/s1. The lowest BCUT2D eigenvalue weighted by Gasteiger charge is -2.27. The van der Waals surface area contributed by atoms with Crippen LogP contribution in [-0.4, -0.2) is 29.6 Å². The minimum Gasteiger partial charge on any atom is -0.356 e. The zero-order valence-electron chi connectivity index (χ0n) is 13.5. The second kappa shape index (κ2) is 6.67. The van der Waals surface area contributed by atoms with Gasteiger partial charge < -0.3 is 10.2 Å². The third kappa shape index (κ3) is 3.08. The third-order valence-electron chi connectivity index (χ3n) is 5.15. The van der Waals surface area contributed by atoms with E-state index in [1.165, 1.54) is 41.9 Å². The predicted molar refractivity (Wildman–Crippen MR) is 92.7 cm³/mol. The lowest BCUT2D eigenvalue weighted by molar-refractivity contribution is 0.610. The Kier molecular flexibility index (Phi) is 4.24. The maximum absolute atomic E-state index is 4.64. The van der Waals surface area contributed by atoms with Gasteiger partial charge in [0, 0.05) is 25.2 Å². The molecule has 4 heteroatoms. The highest BCUT2D eigenvalue weighted by Crippen LogP contribution is 2.31. The molecule has 23 heavy (non-hydrogen) atoms. The van der Waals surface area contributed by atoms with E-state index in [1.54, 1.807) is 6.33 Å². The van der Waals surface area contributed by atoms with Gasteiger partial charge in [-0.05, 0) is 43.7 Å². The van der Waals surface area contributed by atoms with Crippen LogP contribution in [0.3, 0.4) is 0 Å². The molecule has 4 nitrogen and oxygen atoms in total. The molecule has 1 atom stereocenters. The zero-order valence-corrected chi connectivity index (χ0v) is 13.5. The van der Waals surface area contributed by atoms with Gasteiger partial charge in [-0.3, -0.25) is 0 Å². The van der Waals surface area contributed by atoms with E-state index < -0.39 is 0 Å². The monoisotopic (exact) mass is 308 g/mol. The van der Waals surface area contributed by atoms with Crippen LogP contribution in [-0.2, 0) is 13.0 Å². The highest BCUT2D eigenvalue weighted by molar-refractivity contribution is 5.49. The summed E-state index contributed by atoms with van der Waals surface area (Å²) < 4.78 is 0. The maximum atomic E-state index is 4.64. The highest BCUT2D eigenvalue weighted by atomic mass is 15.2. The van der Waals surface area contributed by atoms with Gasteiger partial charge in [0.15, 0.2) is 0 Å². The largest absolute Gasteiger partial charge is 0.356 e. The molecule has 4 rings (SSSR count). The molecule has 0 spiro atoms. The van der Waals surface area contributed by atoms with E-state index in [2.05, 4.69) is 50.5 Å². The van der Waals surface area contributed by atoms with Crippen molar-refractivity contribution in [2.24, 2.45) is 0 Å². The number of anilines is 1. The molecular formula is C19H24N4. The first-order valence-corrected chi connectivity index (χ1v) is 8.75. The van der Waals surface area contributed by atoms with E-state index in [0.717, 1.165) is 32.6 Å². The van der Waals surface area contributed by atoms with E-state index in [1.807, 2.05) is 0 Å². The Morgan fingerprint density at radius 1 is 1.04 bits per heavy atom. The summed E-state index contributed by atoms with van der Waals surface area (Å²) in [5.74, 6) is 1.87. The van der Waals surface area contributed by atoms with E-state index >= 15 is 0 Å². The van der Waals surface area contributed by atoms with Crippen molar-refractivity contribution >= 4 is 5.82 Å². The van der Waals surface area contributed by atoms with Crippen molar-refractivity contribution in [2.75, 3.05) is 24.5 Å². The van der Waals surface area contributed by atoms with Gasteiger partial charge in [-0.1, -0.05) is 30.3 Å². The smallest absolute Gasteiger partial charge is 0.135 e. The molecule has 2 aromatic rings. The van der Waals surface area contributed by atoms with Crippen molar-refractivity contribution in [1.82, 2.24) is 15.3 Å². The molecule has 3 heterocycles. The average Bonchev–Trinajstić information content (AvgIpc) is 2.88. The molecule has 0 aliphatic carbocycles. The number of nitrogens with one attached hydrogen (secondary N) is 1. The fraction of sp³-hybridized carbons (Fsp3) is 0.474. The van der Waals surface area contributed by atoms with Gasteiger partial charge >= 0.3 is 0 Å². The van der Waals surface area contributed by atoms with Crippen molar-refractivity contribution in [3.05, 3.63) is 53.5 Å². The van der Waals surface area contributed by atoms with Crippen molar-refractivity contribution in [2.45, 2.75) is 38.1 Å². The Hall–Kier alpha value is -1.94. The number of hydrogen-bond acceptors (Lipinski definition) is 4. The summed E-state index contributed by atoms with van der Waals surface area (Å²) >= 11 is 0. The summed E-state index contributed by atoms with van der Waals surface area (Å²) in [6, 6.07) is 11.0. The minimum atomic E-state index is 0.681. The number of benzene rings is 1. The van der Waals surface area contributed by atoms with E-state index in [4.69, 9.17) is 0 Å². The summed E-state index contributed by atoms with van der Waals surface area (Å²) in [7, 11) is 0. The maximum Gasteiger partial charge on any atom is 0.135 e. The Morgan fingerprint density at radius 2 is 1.96 bits per heavy atom. The van der Waals surface area contributed by atoms with Gasteiger partial charge in [0.05, 0.1) is 5.69 Å². The average molecular weight is 308 g/mol. The quantitative estimate of drug-likeness (QED) is 0.926. The van der Waals surface area contributed by atoms with E-state index in [0.29, 0.717) is 5.92 Å². The fourth-order valence-electron chi connectivity index (χ4n) is 3.91. The van der Waals surface area contributed by atoms with Crippen LogP contribution in [0.1, 0.15) is 42.0 Å². The molecule has 0 saturated carbocycles. The normalized spacial score (nSPS) is 21.6. The number of aromatic nitrogens is 2. The molecule has 0 bridgehead atoms. The Labute approximate surface area is 138 Å². The fourth-order valence-corrected chi connectivity index (χ4v) is 3.91. The molecule has 2 aliphatic rings. The van der Waals surface area contributed by atoms with Gasteiger partial charge in [0.25, 0.3) is 0 Å². The predicted octanol–water partition coefficient (Wildman–Crippen LogP) is 2.90. The SMILES string of the molecule is c1ccc([C@H]2CCCN(c3ncnc4c3CCNC4)CC2)cc1. The van der Waals surface area contributed by atoms with Gasteiger partial charge in [-0.2, -0.15) is 0 Å². The van der Waals surface area contributed by atoms with Gasteiger partial charge in [-0.25, -0.2) is 9.97 Å². The first-order chi connectivity index (χ1) is 11.4. The molecule has 0 radical (unpaired) electrons. The van der Waals surface area contributed by atoms with Crippen molar-refractivity contribution in [3.8, 4) is 0 Å². The van der Waals surface area contributed by atoms with Crippen LogP contribution in [0.2, 0.25) is 0 Å². The molecule has 1 saturated heterocycles. The van der Waals surface area contributed by atoms with Crippen molar-refractivity contribution < 1.29 is 0 Å². The second-order valence-electron chi connectivity index (χ2n) is 6.57. The van der Waals surface area contributed by atoms with Crippen molar-refractivity contribution in [3.63, 3.8) is 0 Å². The van der Waals surface area contributed by atoms with Crippen LogP contribution in [0.4, 0.5) is 5.82 Å². The third-order valence-corrected chi connectivity index (χ3v) is 5.15. The summed E-state index contributed by atoms with van der Waals surface area (Å²) in [6.45, 7) is 4.12. The molecule has 1 N–H and O–H groups in total. The van der Waals surface area contributed by atoms with Crippen LogP contribution in [0.15, 0.2) is 36.7 Å². The number of hydrogen-bond donors (Lipinski definition) is 1. The van der Waals surface area contributed by atoms with E-state index in [-0.39, 0.29) is 0 Å². The minimum absolute atomic E-state index is 0.681. The number of fused-ring (bicyclic) bond motifs is 1. The summed E-state index contributed by atoms with van der Waals surface area (Å²) in [4.78, 5) is 11.6. The summed E-state index contributed by atoms with van der Waals surface area (Å²) in [5.41, 5.74) is 4.04. The molecule has 1 aromatic heterocycles. The van der Waals surface area contributed by atoms with Crippen LogP contribution >= 0.6 is 0 Å². The lowest BCUT2D eigenvalue weighted by Crippen LogP contribution is -2.31. The number of nitrogens with zero attached hydrogens (tertiary/aromatic N) is 3. The van der Waals surface area contributed by atoms with Crippen LogP contribution in [0, 0.1) is 0 Å².